The molecule has 2 aliphatic rings. The summed E-state index contributed by atoms with van der Waals surface area (Å²) in [4.78, 5) is 12.1. The zero-order valence-corrected chi connectivity index (χ0v) is 14.5. The highest BCUT2D eigenvalue weighted by atomic mass is 16.6. The zero-order valence-electron chi connectivity index (χ0n) is 14.5. The van der Waals surface area contributed by atoms with Gasteiger partial charge in [-0.25, -0.2) is 4.79 Å². The normalized spacial score (nSPS) is 19.4. The molecule has 1 saturated heterocycles. The van der Waals surface area contributed by atoms with Gasteiger partial charge in [0.05, 0.1) is 38.7 Å². The Morgan fingerprint density at radius 2 is 2.28 bits per heavy atom. The van der Waals surface area contributed by atoms with E-state index in [1.54, 1.807) is 6.92 Å². The lowest BCUT2D eigenvalue weighted by molar-refractivity contribution is -0.0946. The van der Waals surface area contributed by atoms with Crippen LogP contribution in [-0.4, -0.2) is 48.3 Å². The van der Waals surface area contributed by atoms with Gasteiger partial charge in [0.15, 0.2) is 0 Å². The predicted octanol–water partition coefficient (Wildman–Crippen LogP) is 2.14. The molecule has 134 valence electrons. The molecular weight excluding hydrogens is 324 g/mol. The summed E-state index contributed by atoms with van der Waals surface area (Å²) in [5, 5.41) is 4.73. The van der Waals surface area contributed by atoms with Crippen molar-refractivity contribution in [3.05, 3.63) is 28.8 Å². The fourth-order valence-corrected chi connectivity index (χ4v) is 3.50. The lowest BCUT2D eigenvalue weighted by Crippen LogP contribution is -2.32. The number of aromatic nitrogens is 2. The van der Waals surface area contributed by atoms with Gasteiger partial charge in [-0.1, -0.05) is 0 Å². The van der Waals surface area contributed by atoms with Crippen molar-refractivity contribution >= 4 is 5.97 Å². The van der Waals surface area contributed by atoms with Crippen molar-refractivity contribution in [1.82, 2.24) is 9.78 Å². The molecular formula is C18H22N2O5. The highest BCUT2D eigenvalue weighted by molar-refractivity contribution is 5.91. The smallest absolute Gasteiger partial charge is 0.374 e. The number of carbonyl (C=O) groups excluding carboxylic acids is 1. The third-order valence-corrected chi connectivity index (χ3v) is 4.65. The summed E-state index contributed by atoms with van der Waals surface area (Å²) in [7, 11) is 0. The number of carbonyl (C=O) groups is 1. The molecule has 1 atom stereocenters. The summed E-state index contributed by atoms with van der Waals surface area (Å²) in [6.45, 7) is 6.53. The summed E-state index contributed by atoms with van der Waals surface area (Å²) >= 11 is 0. The first-order valence-electron chi connectivity index (χ1n) is 8.72. The average molecular weight is 346 g/mol. The highest BCUT2D eigenvalue weighted by Crippen LogP contribution is 2.38. The minimum atomic E-state index is -0.414. The minimum absolute atomic E-state index is 0.0233. The Bertz CT molecular complexity index is 786. The summed E-state index contributed by atoms with van der Waals surface area (Å²) in [5.41, 5.74) is 3.80. The number of esters is 1. The van der Waals surface area contributed by atoms with Crippen LogP contribution in [0.4, 0.5) is 0 Å². The molecule has 1 aliphatic heterocycles. The van der Waals surface area contributed by atoms with Crippen molar-refractivity contribution < 1.29 is 23.4 Å². The number of hydrogen-bond donors (Lipinski definition) is 0. The number of rotatable bonds is 4. The number of hydrogen-bond acceptors (Lipinski definition) is 6. The topological polar surface area (TPSA) is 75.7 Å². The van der Waals surface area contributed by atoms with E-state index < -0.39 is 5.97 Å². The lowest BCUT2D eigenvalue weighted by atomic mass is 9.94. The second-order valence-electron chi connectivity index (χ2n) is 6.37. The highest BCUT2D eigenvalue weighted by Gasteiger charge is 2.30. The van der Waals surface area contributed by atoms with Gasteiger partial charge < -0.3 is 18.6 Å². The van der Waals surface area contributed by atoms with E-state index in [-0.39, 0.29) is 6.10 Å². The van der Waals surface area contributed by atoms with Gasteiger partial charge >= 0.3 is 5.97 Å². The first-order valence-corrected chi connectivity index (χ1v) is 8.72. The maximum absolute atomic E-state index is 12.1. The molecule has 0 saturated carbocycles. The molecule has 0 amide bonds. The minimum Gasteiger partial charge on any atom is -0.460 e. The summed E-state index contributed by atoms with van der Waals surface area (Å²) < 4.78 is 24.0. The Hall–Kier alpha value is -2.12. The molecule has 7 heteroatoms. The SMILES string of the molecule is CCOC(=O)c1oc2c(c1C)-c1nn(C[C@@H]3COCCO3)cc1CC2. The summed E-state index contributed by atoms with van der Waals surface area (Å²) in [5.74, 6) is 0.692. The van der Waals surface area contributed by atoms with Crippen LogP contribution in [0.3, 0.4) is 0 Å². The number of ether oxygens (including phenoxy) is 3. The standard InChI is InChI=1S/C18H22N2O5/c1-3-23-18(21)17-11(2)15-14(25-17)5-4-12-8-20(19-16(12)15)9-13-10-22-6-7-24-13/h8,13H,3-7,9-10H2,1-2H3/t13-/m1/s1. The van der Waals surface area contributed by atoms with Crippen molar-refractivity contribution in [1.29, 1.82) is 0 Å². The van der Waals surface area contributed by atoms with Crippen LogP contribution in [0.15, 0.2) is 10.6 Å². The molecule has 0 aromatic carbocycles. The van der Waals surface area contributed by atoms with Crippen molar-refractivity contribution in [2.45, 2.75) is 39.3 Å². The third kappa shape index (κ3) is 2.98. The van der Waals surface area contributed by atoms with Crippen LogP contribution >= 0.6 is 0 Å². The van der Waals surface area contributed by atoms with Gasteiger partial charge in [0.2, 0.25) is 5.76 Å². The maximum atomic E-state index is 12.1. The number of fused-ring (bicyclic) bond motifs is 3. The number of furan rings is 1. The van der Waals surface area contributed by atoms with E-state index in [1.165, 1.54) is 5.56 Å². The first kappa shape index (κ1) is 16.4. The molecule has 2 aromatic rings. The maximum Gasteiger partial charge on any atom is 0.374 e. The van der Waals surface area contributed by atoms with Gasteiger partial charge in [-0.2, -0.15) is 5.10 Å². The van der Waals surface area contributed by atoms with Crippen molar-refractivity contribution in [3.63, 3.8) is 0 Å². The largest absolute Gasteiger partial charge is 0.460 e. The molecule has 0 unspecified atom stereocenters. The van der Waals surface area contributed by atoms with Crippen molar-refractivity contribution in [3.8, 4) is 11.3 Å². The van der Waals surface area contributed by atoms with E-state index in [9.17, 15) is 4.79 Å². The molecule has 7 nitrogen and oxygen atoms in total. The van der Waals surface area contributed by atoms with E-state index in [0.29, 0.717) is 38.7 Å². The molecule has 1 fully saturated rings. The molecule has 0 N–H and O–H groups in total. The van der Waals surface area contributed by atoms with E-state index in [1.807, 2.05) is 11.6 Å². The average Bonchev–Trinajstić information content (AvgIpc) is 3.16. The molecule has 1 aliphatic carbocycles. The molecule has 0 spiro atoms. The van der Waals surface area contributed by atoms with Crippen LogP contribution in [0, 0.1) is 6.92 Å². The Morgan fingerprint density at radius 3 is 3.04 bits per heavy atom. The van der Waals surface area contributed by atoms with Gasteiger partial charge in [-0.3, -0.25) is 4.68 Å². The molecule has 3 heterocycles. The fraction of sp³-hybridized carbons (Fsp3) is 0.556. The number of nitrogens with zero attached hydrogens (tertiary/aromatic N) is 2. The summed E-state index contributed by atoms with van der Waals surface area (Å²) in [6, 6.07) is 0. The van der Waals surface area contributed by atoms with Gasteiger partial charge in [-0.15, -0.1) is 0 Å². The Morgan fingerprint density at radius 1 is 1.40 bits per heavy atom. The van der Waals surface area contributed by atoms with Crippen LogP contribution in [0.25, 0.3) is 11.3 Å². The van der Waals surface area contributed by atoms with E-state index in [4.69, 9.17) is 23.7 Å². The van der Waals surface area contributed by atoms with Crippen LogP contribution < -0.4 is 0 Å². The van der Waals surface area contributed by atoms with Crippen LogP contribution in [0.1, 0.15) is 34.4 Å². The monoisotopic (exact) mass is 346 g/mol. The Labute approximate surface area is 145 Å². The quantitative estimate of drug-likeness (QED) is 0.790. The van der Waals surface area contributed by atoms with E-state index in [0.717, 1.165) is 35.4 Å². The molecule has 25 heavy (non-hydrogen) atoms. The Balaban J connectivity index is 1.63. The van der Waals surface area contributed by atoms with E-state index >= 15 is 0 Å². The zero-order chi connectivity index (χ0) is 17.4. The Kier molecular flexibility index (Phi) is 4.35. The van der Waals surface area contributed by atoms with Crippen LogP contribution in [0.5, 0.6) is 0 Å². The third-order valence-electron chi connectivity index (χ3n) is 4.65. The second kappa shape index (κ2) is 6.65. The predicted molar refractivity (Wildman–Crippen MR) is 88.6 cm³/mol. The fourth-order valence-electron chi connectivity index (χ4n) is 3.50. The molecule has 2 aromatic heterocycles. The number of aryl methyl sites for hydroxylation is 2. The van der Waals surface area contributed by atoms with Gasteiger partial charge in [0.1, 0.15) is 11.9 Å². The van der Waals surface area contributed by atoms with Crippen molar-refractivity contribution in [2.75, 3.05) is 26.4 Å². The molecule has 0 bridgehead atoms. The van der Waals surface area contributed by atoms with Gasteiger partial charge in [0, 0.05) is 23.7 Å². The van der Waals surface area contributed by atoms with Gasteiger partial charge in [-0.05, 0) is 25.8 Å². The van der Waals surface area contributed by atoms with Crippen LogP contribution in [0.2, 0.25) is 0 Å². The van der Waals surface area contributed by atoms with Gasteiger partial charge in [0.25, 0.3) is 0 Å². The first-order chi connectivity index (χ1) is 12.2. The second-order valence-corrected chi connectivity index (χ2v) is 6.37. The molecule has 0 radical (unpaired) electrons. The van der Waals surface area contributed by atoms with E-state index in [2.05, 4.69) is 6.20 Å². The summed E-state index contributed by atoms with van der Waals surface area (Å²) in [6.07, 6.45) is 3.69. The van der Waals surface area contributed by atoms with Crippen LogP contribution in [-0.2, 0) is 33.6 Å². The van der Waals surface area contributed by atoms with Crippen molar-refractivity contribution in [2.24, 2.45) is 0 Å². The molecule has 4 rings (SSSR count). The lowest BCUT2D eigenvalue weighted by Gasteiger charge is -2.22.